The molecule has 0 aromatic heterocycles. The molecule has 3 aliphatic carbocycles. The lowest BCUT2D eigenvalue weighted by Crippen LogP contribution is -2.54. The smallest absolute Gasteiger partial charge is 0.269 e. The van der Waals surface area contributed by atoms with Gasteiger partial charge in [-0.25, -0.2) is 4.90 Å². The van der Waals surface area contributed by atoms with Crippen LogP contribution in [0.4, 0.5) is 11.4 Å². The first kappa shape index (κ1) is 22.3. The Morgan fingerprint density at radius 1 is 0.737 bits per heavy atom. The fraction of sp³-hybridized carbons (Fsp3) is 0.129. The maximum absolute atomic E-state index is 14.1. The third-order valence-electron chi connectivity index (χ3n) is 8.41. The average Bonchev–Trinajstić information content (AvgIpc) is 3.23. The highest BCUT2D eigenvalue weighted by Crippen LogP contribution is 2.63. The highest BCUT2D eigenvalue weighted by atomic mass is 16.6. The van der Waals surface area contributed by atoms with E-state index in [0.29, 0.717) is 5.69 Å². The Morgan fingerprint density at radius 3 is 1.79 bits per heavy atom. The number of non-ortho nitro benzene ring substituents is 1. The summed E-state index contributed by atoms with van der Waals surface area (Å²) >= 11 is 0. The standard InChI is InChI=1S/C31H20N2O5/c34-17-31-24-7-3-1-5-22(24)26(23-6-2-4-8-25(23)31)27-28(31)30(36)32(29(27)35)20-13-9-18(10-14-20)19-11-15-21(16-12-19)33(37)38/h1-17,26-28H/t26?,27-,28-,31?/m0/s1. The Hall–Kier alpha value is -4.91. The van der Waals surface area contributed by atoms with Crippen LogP contribution in [0.3, 0.4) is 0 Å². The Kier molecular flexibility index (Phi) is 4.57. The summed E-state index contributed by atoms with van der Waals surface area (Å²) in [4.78, 5) is 52.9. The normalized spacial score (nSPS) is 24.5. The zero-order chi connectivity index (χ0) is 26.2. The maximum atomic E-state index is 14.1. The fourth-order valence-corrected chi connectivity index (χ4v) is 6.86. The van der Waals surface area contributed by atoms with Crippen LogP contribution < -0.4 is 4.90 Å². The minimum Gasteiger partial charge on any atom is -0.302 e. The molecule has 4 aliphatic rings. The number of aldehydes is 1. The Labute approximate surface area is 217 Å². The first-order chi connectivity index (χ1) is 18.5. The first-order valence-electron chi connectivity index (χ1n) is 12.3. The summed E-state index contributed by atoms with van der Waals surface area (Å²) < 4.78 is 0. The lowest BCUT2D eigenvalue weighted by atomic mass is 9.48. The topological polar surface area (TPSA) is 97.6 Å². The molecule has 2 amide bonds. The van der Waals surface area contributed by atoms with Crippen molar-refractivity contribution in [1.29, 1.82) is 0 Å². The van der Waals surface area contributed by atoms with Crippen LogP contribution in [-0.4, -0.2) is 23.0 Å². The van der Waals surface area contributed by atoms with Crippen molar-refractivity contribution < 1.29 is 19.3 Å². The molecular formula is C31H20N2O5. The second kappa shape index (κ2) is 7.79. The predicted molar refractivity (Wildman–Crippen MR) is 140 cm³/mol. The van der Waals surface area contributed by atoms with Gasteiger partial charge in [-0.3, -0.25) is 19.7 Å². The van der Waals surface area contributed by atoms with Gasteiger partial charge in [-0.1, -0.05) is 60.7 Å². The molecule has 0 saturated carbocycles. The zero-order valence-corrected chi connectivity index (χ0v) is 20.0. The van der Waals surface area contributed by atoms with E-state index in [1.54, 1.807) is 36.4 Å². The molecule has 1 fully saturated rings. The molecule has 0 N–H and O–H groups in total. The van der Waals surface area contributed by atoms with E-state index in [9.17, 15) is 24.5 Å². The summed E-state index contributed by atoms with van der Waals surface area (Å²) in [6.45, 7) is 0. The van der Waals surface area contributed by atoms with Crippen molar-refractivity contribution in [3.63, 3.8) is 0 Å². The third kappa shape index (κ3) is 2.70. The molecule has 4 aromatic rings. The van der Waals surface area contributed by atoms with E-state index in [0.717, 1.165) is 39.7 Å². The lowest BCUT2D eigenvalue weighted by molar-refractivity contribution is -0.384. The maximum Gasteiger partial charge on any atom is 0.269 e. The molecule has 7 nitrogen and oxygen atoms in total. The van der Waals surface area contributed by atoms with Gasteiger partial charge in [-0.05, 0) is 57.6 Å². The largest absolute Gasteiger partial charge is 0.302 e. The Bertz CT molecular complexity index is 1630. The molecule has 0 radical (unpaired) electrons. The van der Waals surface area contributed by atoms with Crippen LogP contribution in [0.25, 0.3) is 11.1 Å². The van der Waals surface area contributed by atoms with Crippen molar-refractivity contribution in [3.05, 3.63) is 129 Å². The van der Waals surface area contributed by atoms with Gasteiger partial charge in [0.2, 0.25) is 11.8 Å². The molecule has 1 saturated heterocycles. The Morgan fingerprint density at radius 2 is 1.26 bits per heavy atom. The number of benzene rings is 4. The minimum absolute atomic E-state index is 0.00182. The molecule has 0 spiro atoms. The molecule has 8 rings (SSSR count). The van der Waals surface area contributed by atoms with Crippen molar-refractivity contribution in [2.24, 2.45) is 11.8 Å². The molecule has 1 aliphatic heterocycles. The van der Waals surface area contributed by atoms with Crippen molar-refractivity contribution in [2.45, 2.75) is 11.3 Å². The molecular weight excluding hydrogens is 480 g/mol. The van der Waals surface area contributed by atoms with E-state index in [-0.39, 0.29) is 23.4 Å². The van der Waals surface area contributed by atoms with Crippen molar-refractivity contribution in [1.82, 2.24) is 0 Å². The van der Waals surface area contributed by atoms with Crippen LogP contribution in [0.15, 0.2) is 97.1 Å². The molecule has 2 bridgehead atoms. The lowest BCUT2D eigenvalue weighted by Gasteiger charge is -2.51. The third-order valence-corrected chi connectivity index (χ3v) is 8.41. The summed E-state index contributed by atoms with van der Waals surface area (Å²) in [5.41, 5.74) is 4.24. The fourth-order valence-electron chi connectivity index (χ4n) is 6.86. The SMILES string of the molecule is O=CC12c3ccccc3C(c3ccccc31)[C@@H]1C(=O)N(c3ccc(-c4ccc([N+](=O)[O-])cc4)cc3)C(=O)[C@H]12. The summed E-state index contributed by atoms with van der Waals surface area (Å²) in [5.74, 6) is -2.48. The van der Waals surface area contributed by atoms with Gasteiger partial charge < -0.3 is 4.79 Å². The van der Waals surface area contributed by atoms with Gasteiger partial charge in [-0.2, -0.15) is 0 Å². The van der Waals surface area contributed by atoms with Gasteiger partial charge in [0.25, 0.3) is 5.69 Å². The van der Waals surface area contributed by atoms with E-state index in [1.807, 2.05) is 48.5 Å². The number of hydrogen-bond donors (Lipinski definition) is 0. The number of nitrogens with zero attached hydrogens (tertiary/aromatic N) is 2. The number of rotatable bonds is 4. The first-order valence-corrected chi connectivity index (χ1v) is 12.3. The molecule has 38 heavy (non-hydrogen) atoms. The minimum atomic E-state index is -1.23. The highest BCUT2D eigenvalue weighted by molar-refractivity contribution is 6.24. The van der Waals surface area contributed by atoms with E-state index >= 15 is 0 Å². The highest BCUT2D eigenvalue weighted by Gasteiger charge is 2.68. The number of nitro benzene ring substituents is 1. The van der Waals surface area contributed by atoms with Crippen LogP contribution in [-0.2, 0) is 19.8 Å². The molecule has 4 aromatic carbocycles. The zero-order valence-electron chi connectivity index (χ0n) is 20.0. The Balaban J connectivity index is 1.32. The molecule has 7 heteroatoms. The average molecular weight is 501 g/mol. The van der Waals surface area contributed by atoms with Gasteiger partial charge in [-0.15, -0.1) is 0 Å². The van der Waals surface area contributed by atoms with Crippen LogP contribution in [0.2, 0.25) is 0 Å². The van der Waals surface area contributed by atoms with Crippen molar-refractivity contribution >= 4 is 29.5 Å². The number of anilines is 1. The van der Waals surface area contributed by atoms with Crippen LogP contribution in [0.5, 0.6) is 0 Å². The predicted octanol–water partition coefficient (Wildman–Crippen LogP) is 5.01. The van der Waals surface area contributed by atoms with Crippen LogP contribution in [0.1, 0.15) is 28.2 Å². The van der Waals surface area contributed by atoms with Crippen molar-refractivity contribution in [2.75, 3.05) is 4.90 Å². The van der Waals surface area contributed by atoms with E-state index in [2.05, 4.69) is 0 Å². The number of imide groups is 1. The second-order valence-electron chi connectivity index (χ2n) is 10.0. The summed E-state index contributed by atoms with van der Waals surface area (Å²) in [6.07, 6.45) is 0.865. The molecule has 2 atom stereocenters. The number of amides is 2. The van der Waals surface area contributed by atoms with Gasteiger partial charge in [0.05, 0.1) is 27.9 Å². The van der Waals surface area contributed by atoms with Gasteiger partial charge in [0.1, 0.15) is 6.29 Å². The summed E-state index contributed by atoms with van der Waals surface area (Å²) in [7, 11) is 0. The summed E-state index contributed by atoms with van der Waals surface area (Å²) in [5, 5.41) is 11.0. The molecule has 1 heterocycles. The van der Waals surface area contributed by atoms with Gasteiger partial charge >= 0.3 is 0 Å². The molecule has 0 unspecified atom stereocenters. The summed E-state index contributed by atoms with van der Waals surface area (Å²) in [6, 6.07) is 28.5. The van der Waals surface area contributed by atoms with E-state index in [1.165, 1.54) is 17.0 Å². The quantitative estimate of drug-likeness (QED) is 0.170. The van der Waals surface area contributed by atoms with Crippen molar-refractivity contribution in [3.8, 4) is 11.1 Å². The monoisotopic (exact) mass is 500 g/mol. The second-order valence-corrected chi connectivity index (χ2v) is 10.0. The number of nitro groups is 1. The molecule has 184 valence electrons. The van der Waals surface area contributed by atoms with Gasteiger partial charge in [0.15, 0.2) is 0 Å². The number of carbonyl (C=O) groups is 3. The number of carbonyl (C=O) groups excluding carboxylic acids is 3. The van der Waals surface area contributed by atoms with Crippen LogP contribution in [0, 0.1) is 22.0 Å². The number of hydrogen-bond acceptors (Lipinski definition) is 5. The van der Waals surface area contributed by atoms with E-state index < -0.39 is 22.2 Å². The van der Waals surface area contributed by atoms with Gasteiger partial charge in [0, 0.05) is 18.1 Å². The van der Waals surface area contributed by atoms with E-state index in [4.69, 9.17) is 0 Å². The van der Waals surface area contributed by atoms with Crippen LogP contribution >= 0.6 is 0 Å².